The van der Waals surface area contributed by atoms with Crippen LogP contribution in [-0.4, -0.2) is 14.3 Å². The minimum Gasteiger partial charge on any atom is -0.345 e. The van der Waals surface area contributed by atoms with Crippen LogP contribution in [0.25, 0.3) is 0 Å². The highest BCUT2D eigenvalue weighted by molar-refractivity contribution is 7.92. The molecule has 0 heterocycles. The monoisotopic (exact) mass is 470 g/mol. The molecular formula is C25H27ClN2O3S. The van der Waals surface area contributed by atoms with E-state index in [-0.39, 0.29) is 27.4 Å². The maximum atomic E-state index is 13.1. The van der Waals surface area contributed by atoms with Crippen molar-refractivity contribution in [3.05, 3.63) is 93.5 Å². The van der Waals surface area contributed by atoms with Crippen molar-refractivity contribution in [3.63, 3.8) is 0 Å². The van der Waals surface area contributed by atoms with Gasteiger partial charge in [-0.25, -0.2) is 8.42 Å². The first-order valence-electron chi connectivity index (χ1n) is 10.4. The van der Waals surface area contributed by atoms with Crippen LogP contribution in [0.1, 0.15) is 52.0 Å². The summed E-state index contributed by atoms with van der Waals surface area (Å²) < 4.78 is 28.7. The first-order valence-corrected chi connectivity index (χ1v) is 12.2. The highest BCUT2D eigenvalue weighted by Gasteiger charge is 2.22. The van der Waals surface area contributed by atoms with E-state index in [1.807, 2.05) is 64.1 Å². The summed E-state index contributed by atoms with van der Waals surface area (Å²) in [6, 6.07) is 17.5. The number of rotatable bonds is 7. The molecule has 0 bridgehead atoms. The van der Waals surface area contributed by atoms with Gasteiger partial charge in [0, 0.05) is 5.56 Å². The second-order valence-electron chi connectivity index (χ2n) is 7.91. The molecule has 0 saturated carbocycles. The number of benzene rings is 3. The highest BCUT2D eigenvalue weighted by atomic mass is 35.5. The Morgan fingerprint density at radius 1 is 0.938 bits per heavy atom. The van der Waals surface area contributed by atoms with Crippen molar-refractivity contribution in [1.82, 2.24) is 5.32 Å². The van der Waals surface area contributed by atoms with Crippen molar-refractivity contribution in [2.75, 3.05) is 4.72 Å². The van der Waals surface area contributed by atoms with E-state index in [0.29, 0.717) is 12.1 Å². The Balaban J connectivity index is 1.87. The number of hydrogen-bond acceptors (Lipinski definition) is 3. The average Bonchev–Trinajstić information content (AvgIpc) is 2.75. The van der Waals surface area contributed by atoms with E-state index in [1.165, 1.54) is 18.2 Å². The quantitative estimate of drug-likeness (QED) is 0.448. The van der Waals surface area contributed by atoms with Gasteiger partial charge in [-0.2, -0.15) is 0 Å². The summed E-state index contributed by atoms with van der Waals surface area (Å²) in [5, 5.41) is 3.03. The molecule has 0 aromatic heterocycles. The Labute approximate surface area is 194 Å². The third kappa shape index (κ3) is 5.50. The van der Waals surface area contributed by atoms with Crippen molar-refractivity contribution in [1.29, 1.82) is 0 Å². The number of carbonyl (C=O) groups excluding carboxylic acids is 1. The van der Waals surface area contributed by atoms with Crippen LogP contribution in [0, 0.1) is 20.8 Å². The minimum atomic E-state index is -3.99. The Hall–Kier alpha value is -2.83. The second kappa shape index (κ2) is 9.76. The van der Waals surface area contributed by atoms with Crippen molar-refractivity contribution in [2.24, 2.45) is 0 Å². The lowest BCUT2D eigenvalue weighted by Crippen LogP contribution is -2.28. The number of aryl methyl sites for hydroxylation is 3. The van der Waals surface area contributed by atoms with Crippen molar-refractivity contribution in [2.45, 2.75) is 45.1 Å². The molecule has 3 aromatic rings. The van der Waals surface area contributed by atoms with E-state index in [4.69, 9.17) is 11.6 Å². The zero-order valence-electron chi connectivity index (χ0n) is 18.6. The number of hydrogen-bond donors (Lipinski definition) is 2. The summed E-state index contributed by atoms with van der Waals surface area (Å²) in [6.07, 6.45) is 0.696. The van der Waals surface area contributed by atoms with Gasteiger partial charge in [-0.15, -0.1) is 0 Å². The zero-order valence-corrected chi connectivity index (χ0v) is 20.1. The number of nitrogens with one attached hydrogen (secondary N) is 2. The molecule has 0 unspecified atom stereocenters. The van der Waals surface area contributed by atoms with E-state index >= 15 is 0 Å². The van der Waals surface area contributed by atoms with Gasteiger partial charge in [-0.3, -0.25) is 9.52 Å². The van der Waals surface area contributed by atoms with Crippen molar-refractivity contribution in [3.8, 4) is 0 Å². The Bertz CT molecular complexity index is 1240. The molecule has 0 aliphatic rings. The van der Waals surface area contributed by atoms with Gasteiger partial charge in [0.1, 0.15) is 4.90 Å². The van der Waals surface area contributed by atoms with Gasteiger partial charge < -0.3 is 5.32 Å². The smallest absolute Gasteiger partial charge is 0.263 e. The maximum Gasteiger partial charge on any atom is 0.263 e. The highest BCUT2D eigenvalue weighted by Crippen LogP contribution is 2.27. The number of sulfonamides is 1. The fourth-order valence-corrected chi connectivity index (χ4v) is 5.01. The number of carbonyl (C=O) groups is 1. The zero-order chi connectivity index (χ0) is 23.5. The molecule has 1 amide bonds. The molecule has 5 nitrogen and oxygen atoms in total. The first-order chi connectivity index (χ1) is 15.1. The second-order valence-corrected chi connectivity index (χ2v) is 9.97. The van der Waals surface area contributed by atoms with Gasteiger partial charge in [-0.1, -0.05) is 60.5 Å². The molecule has 0 aliphatic carbocycles. The lowest BCUT2D eigenvalue weighted by atomic mass is 10.0. The molecule has 3 aromatic carbocycles. The molecule has 0 aliphatic heterocycles. The van der Waals surface area contributed by atoms with Crippen molar-refractivity contribution >= 4 is 33.2 Å². The third-order valence-electron chi connectivity index (χ3n) is 5.31. The van der Waals surface area contributed by atoms with E-state index in [1.54, 1.807) is 6.07 Å². The van der Waals surface area contributed by atoms with Gasteiger partial charge in [-0.05, 0) is 68.1 Å². The molecule has 32 heavy (non-hydrogen) atoms. The van der Waals surface area contributed by atoms with Gasteiger partial charge in [0.05, 0.1) is 16.8 Å². The Morgan fingerprint density at radius 2 is 1.59 bits per heavy atom. The molecule has 1 atom stereocenters. The molecule has 0 fully saturated rings. The molecule has 3 rings (SSSR count). The predicted octanol–water partition coefficient (Wildman–Crippen LogP) is 5.95. The summed E-state index contributed by atoms with van der Waals surface area (Å²) in [5.41, 5.74) is 4.54. The Kier molecular flexibility index (Phi) is 7.26. The van der Waals surface area contributed by atoms with E-state index in [2.05, 4.69) is 10.0 Å². The lowest BCUT2D eigenvalue weighted by Gasteiger charge is -2.18. The van der Waals surface area contributed by atoms with Crippen LogP contribution in [0.5, 0.6) is 0 Å². The molecule has 0 radical (unpaired) electrons. The summed E-state index contributed by atoms with van der Waals surface area (Å²) in [4.78, 5) is 12.8. The molecule has 2 N–H and O–H groups in total. The normalized spacial score (nSPS) is 12.3. The minimum absolute atomic E-state index is 0.0462. The first kappa shape index (κ1) is 23.8. The third-order valence-corrected chi connectivity index (χ3v) is 7.16. The van der Waals surface area contributed by atoms with E-state index < -0.39 is 10.0 Å². The summed E-state index contributed by atoms with van der Waals surface area (Å²) >= 11 is 6.22. The summed E-state index contributed by atoms with van der Waals surface area (Å²) in [7, 11) is -3.99. The SMILES string of the molecule is CC[C@H](NC(=O)c1ccc(Cl)c(S(=O)(=O)Nc2cc(C)ccc2C)c1)c1ccc(C)cc1. The van der Waals surface area contributed by atoms with Crippen LogP contribution in [-0.2, 0) is 10.0 Å². The van der Waals surface area contributed by atoms with Crippen LogP contribution in [0.4, 0.5) is 5.69 Å². The van der Waals surface area contributed by atoms with Crippen LogP contribution in [0.2, 0.25) is 5.02 Å². The maximum absolute atomic E-state index is 13.1. The topological polar surface area (TPSA) is 75.3 Å². The summed E-state index contributed by atoms with van der Waals surface area (Å²) in [6.45, 7) is 7.69. The molecular weight excluding hydrogens is 444 g/mol. The van der Waals surface area contributed by atoms with Crippen molar-refractivity contribution < 1.29 is 13.2 Å². The van der Waals surface area contributed by atoms with E-state index in [9.17, 15) is 13.2 Å². The largest absolute Gasteiger partial charge is 0.345 e. The average molecular weight is 471 g/mol. The fourth-order valence-electron chi connectivity index (χ4n) is 3.36. The number of amides is 1. The number of halogens is 1. The molecule has 7 heteroatoms. The van der Waals surface area contributed by atoms with Gasteiger partial charge in [0.15, 0.2) is 0 Å². The molecule has 168 valence electrons. The number of anilines is 1. The summed E-state index contributed by atoms with van der Waals surface area (Å²) in [5.74, 6) is -0.364. The molecule has 0 spiro atoms. The van der Waals surface area contributed by atoms with E-state index in [0.717, 1.165) is 22.3 Å². The van der Waals surface area contributed by atoms with Crippen LogP contribution >= 0.6 is 11.6 Å². The fraction of sp³-hybridized carbons (Fsp3) is 0.240. The lowest BCUT2D eigenvalue weighted by molar-refractivity contribution is 0.0935. The standard InChI is InChI=1S/C25H27ClN2O3S/c1-5-22(19-10-7-16(2)8-11-19)27-25(29)20-12-13-21(26)24(15-20)32(30,31)28-23-14-17(3)6-9-18(23)4/h6-15,22,28H,5H2,1-4H3,(H,27,29)/t22-/m0/s1. The van der Waals surface area contributed by atoms with Crippen LogP contribution < -0.4 is 10.0 Å². The Morgan fingerprint density at radius 3 is 2.25 bits per heavy atom. The van der Waals surface area contributed by atoms with Gasteiger partial charge in [0.2, 0.25) is 0 Å². The van der Waals surface area contributed by atoms with Crippen LogP contribution in [0.3, 0.4) is 0 Å². The predicted molar refractivity (Wildman–Crippen MR) is 130 cm³/mol. The van der Waals surface area contributed by atoms with Gasteiger partial charge >= 0.3 is 0 Å². The molecule has 0 saturated heterocycles. The van der Waals surface area contributed by atoms with Gasteiger partial charge in [0.25, 0.3) is 15.9 Å². The van der Waals surface area contributed by atoms with Crippen LogP contribution in [0.15, 0.2) is 65.6 Å².